The first-order valence-corrected chi connectivity index (χ1v) is 9.66. The standard InChI is InChI=1S/C19H18N2O4S/c1-13-5-8-17(26(23,24)21-16-6-7-16)10-18(13)19(22)25-12-15-4-2-3-14(9-15)11-20/h2-5,8-10,16,21H,6-7,12H2,1H3. The van der Waals surface area contributed by atoms with Crippen molar-refractivity contribution in [2.24, 2.45) is 0 Å². The van der Waals surface area contributed by atoms with Crippen molar-refractivity contribution in [3.63, 3.8) is 0 Å². The summed E-state index contributed by atoms with van der Waals surface area (Å²) in [6, 6.07) is 13.2. The zero-order chi connectivity index (χ0) is 18.7. The molecule has 1 fully saturated rings. The van der Waals surface area contributed by atoms with E-state index in [-0.39, 0.29) is 23.1 Å². The number of ether oxygens (including phenoxy) is 1. The molecule has 7 heteroatoms. The lowest BCUT2D eigenvalue weighted by Gasteiger charge is -2.10. The van der Waals surface area contributed by atoms with Gasteiger partial charge in [-0.15, -0.1) is 0 Å². The van der Waals surface area contributed by atoms with Crippen LogP contribution in [0.1, 0.15) is 39.9 Å². The number of carbonyl (C=O) groups is 1. The van der Waals surface area contributed by atoms with Crippen LogP contribution >= 0.6 is 0 Å². The van der Waals surface area contributed by atoms with E-state index in [0.717, 1.165) is 12.8 Å². The van der Waals surface area contributed by atoms with Gasteiger partial charge in [0.1, 0.15) is 6.61 Å². The van der Waals surface area contributed by atoms with Crippen molar-refractivity contribution in [2.45, 2.75) is 37.3 Å². The van der Waals surface area contributed by atoms with Gasteiger partial charge in [-0.05, 0) is 55.2 Å². The average Bonchev–Trinajstić information content (AvgIpc) is 3.43. The molecule has 1 aliphatic carbocycles. The number of nitrogens with one attached hydrogen (secondary N) is 1. The van der Waals surface area contributed by atoms with Crippen LogP contribution in [0.4, 0.5) is 0 Å². The summed E-state index contributed by atoms with van der Waals surface area (Å²) in [5.74, 6) is -0.603. The Kier molecular flexibility index (Phi) is 5.07. The van der Waals surface area contributed by atoms with Crippen LogP contribution in [-0.4, -0.2) is 20.4 Å². The molecule has 0 bridgehead atoms. The molecule has 0 radical (unpaired) electrons. The second-order valence-electron chi connectivity index (χ2n) is 6.26. The molecule has 1 aliphatic rings. The number of esters is 1. The van der Waals surface area contributed by atoms with Gasteiger partial charge in [0.25, 0.3) is 0 Å². The first-order chi connectivity index (χ1) is 12.4. The molecule has 3 rings (SSSR count). The molecular formula is C19H18N2O4S. The van der Waals surface area contributed by atoms with Crippen LogP contribution < -0.4 is 4.72 Å². The summed E-state index contributed by atoms with van der Waals surface area (Å²) < 4.78 is 32.5. The summed E-state index contributed by atoms with van der Waals surface area (Å²) in [7, 11) is -3.64. The molecule has 0 aromatic heterocycles. The van der Waals surface area contributed by atoms with Gasteiger partial charge >= 0.3 is 5.97 Å². The number of hydrogen-bond acceptors (Lipinski definition) is 5. The molecule has 0 amide bonds. The van der Waals surface area contributed by atoms with E-state index in [9.17, 15) is 13.2 Å². The van der Waals surface area contributed by atoms with Gasteiger partial charge in [-0.25, -0.2) is 17.9 Å². The fourth-order valence-electron chi connectivity index (χ4n) is 2.43. The lowest BCUT2D eigenvalue weighted by atomic mass is 10.1. The Balaban J connectivity index is 1.76. The number of nitriles is 1. The lowest BCUT2D eigenvalue weighted by Crippen LogP contribution is -2.26. The van der Waals surface area contributed by atoms with E-state index in [0.29, 0.717) is 16.7 Å². The summed E-state index contributed by atoms with van der Waals surface area (Å²) in [4.78, 5) is 12.5. The highest BCUT2D eigenvalue weighted by atomic mass is 32.2. The SMILES string of the molecule is Cc1ccc(S(=O)(=O)NC2CC2)cc1C(=O)OCc1cccc(C#N)c1. The summed E-state index contributed by atoms with van der Waals surface area (Å²) in [5.41, 5.74) is 2.01. The molecule has 26 heavy (non-hydrogen) atoms. The first-order valence-electron chi connectivity index (χ1n) is 8.18. The predicted molar refractivity (Wildman–Crippen MR) is 94.8 cm³/mol. The molecule has 6 nitrogen and oxygen atoms in total. The minimum Gasteiger partial charge on any atom is -0.457 e. The van der Waals surface area contributed by atoms with E-state index in [4.69, 9.17) is 10.00 Å². The highest BCUT2D eigenvalue weighted by Gasteiger charge is 2.28. The van der Waals surface area contributed by atoms with E-state index < -0.39 is 16.0 Å². The van der Waals surface area contributed by atoms with Crippen molar-refractivity contribution in [3.8, 4) is 6.07 Å². The van der Waals surface area contributed by atoms with Crippen molar-refractivity contribution < 1.29 is 17.9 Å². The van der Waals surface area contributed by atoms with Gasteiger partial charge in [-0.1, -0.05) is 18.2 Å². The van der Waals surface area contributed by atoms with Gasteiger partial charge in [0.05, 0.1) is 22.1 Å². The molecule has 1 N–H and O–H groups in total. The fourth-order valence-corrected chi connectivity index (χ4v) is 3.76. The monoisotopic (exact) mass is 370 g/mol. The van der Waals surface area contributed by atoms with Crippen molar-refractivity contribution in [1.82, 2.24) is 4.72 Å². The maximum Gasteiger partial charge on any atom is 0.338 e. The molecule has 2 aromatic carbocycles. The molecule has 0 spiro atoms. The van der Waals surface area contributed by atoms with Crippen LogP contribution in [-0.2, 0) is 21.4 Å². The van der Waals surface area contributed by atoms with Crippen LogP contribution in [0.5, 0.6) is 0 Å². The second kappa shape index (κ2) is 7.28. The molecule has 0 unspecified atom stereocenters. The van der Waals surface area contributed by atoms with Crippen molar-refractivity contribution in [1.29, 1.82) is 5.26 Å². The number of aryl methyl sites for hydroxylation is 1. The van der Waals surface area contributed by atoms with Gasteiger partial charge in [-0.3, -0.25) is 0 Å². The van der Waals surface area contributed by atoms with Crippen LogP contribution in [0.3, 0.4) is 0 Å². The first kappa shape index (κ1) is 18.1. The smallest absolute Gasteiger partial charge is 0.338 e. The average molecular weight is 370 g/mol. The van der Waals surface area contributed by atoms with Gasteiger partial charge < -0.3 is 4.74 Å². The molecule has 0 aliphatic heterocycles. The summed E-state index contributed by atoms with van der Waals surface area (Å²) in [5, 5.41) is 8.91. The van der Waals surface area contributed by atoms with Gasteiger partial charge in [0.15, 0.2) is 0 Å². The predicted octanol–water partition coefficient (Wildman–Crippen LogP) is 2.66. The second-order valence-corrected chi connectivity index (χ2v) is 7.97. The number of hydrogen-bond donors (Lipinski definition) is 1. The maximum atomic E-state index is 12.4. The summed E-state index contributed by atoms with van der Waals surface area (Å²) in [6.07, 6.45) is 1.67. The maximum absolute atomic E-state index is 12.4. The normalized spacial score (nSPS) is 13.8. The summed E-state index contributed by atoms with van der Waals surface area (Å²) >= 11 is 0. The topological polar surface area (TPSA) is 96.3 Å². The Hall–Kier alpha value is -2.69. The van der Waals surface area contributed by atoms with Crippen molar-refractivity contribution in [3.05, 3.63) is 64.7 Å². The Labute approximate surface area is 152 Å². The third-order valence-electron chi connectivity index (χ3n) is 4.06. The molecule has 0 saturated heterocycles. The minimum absolute atomic E-state index is 0.00505. The number of sulfonamides is 1. The third kappa shape index (κ3) is 4.28. The number of rotatable bonds is 6. The van der Waals surface area contributed by atoms with Crippen LogP contribution in [0.2, 0.25) is 0 Å². The molecular weight excluding hydrogens is 352 g/mol. The van der Waals surface area contributed by atoms with Gasteiger partial charge in [-0.2, -0.15) is 5.26 Å². The van der Waals surface area contributed by atoms with E-state index in [1.165, 1.54) is 12.1 Å². The number of benzene rings is 2. The van der Waals surface area contributed by atoms with Crippen molar-refractivity contribution in [2.75, 3.05) is 0 Å². The summed E-state index contributed by atoms with van der Waals surface area (Å²) in [6.45, 7) is 1.72. The van der Waals surface area contributed by atoms with Crippen LogP contribution in [0, 0.1) is 18.3 Å². The van der Waals surface area contributed by atoms with Crippen LogP contribution in [0.15, 0.2) is 47.4 Å². The molecule has 2 aromatic rings. The Morgan fingerprint density at radius 3 is 2.73 bits per heavy atom. The number of carbonyl (C=O) groups excluding carboxylic acids is 1. The Morgan fingerprint density at radius 2 is 2.04 bits per heavy atom. The fraction of sp³-hybridized carbons (Fsp3) is 0.263. The highest BCUT2D eigenvalue weighted by Crippen LogP contribution is 2.23. The minimum atomic E-state index is -3.64. The van der Waals surface area contributed by atoms with Gasteiger partial charge in [0, 0.05) is 6.04 Å². The highest BCUT2D eigenvalue weighted by molar-refractivity contribution is 7.89. The van der Waals surface area contributed by atoms with E-state index in [1.807, 2.05) is 6.07 Å². The van der Waals surface area contributed by atoms with Crippen LogP contribution in [0.25, 0.3) is 0 Å². The molecule has 0 atom stereocenters. The Bertz CT molecular complexity index is 989. The molecule has 1 saturated carbocycles. The molecule has 0 heterocycles. The third-order valence-corrected chi connectivity index (χ3v) is 5.58. The number of nitrogens with zero attached hydrogens (tertiary/aromatic N) is 1. The van der Waals surface area contributed by atoms with E-state index in [2.05, 4.69) is 4.72 Å². The zero-order valence-electron chi connectivity index (χ0n) is 14.2. The largest absolute Gasteiger partial charge is 0.457 e. The quantitative estimate of drug-likeness (QED) is 0.789. The van der Waals surface area contributed by atoms with E-state index in [1.54, 1.807) is 37.3 Å². The zero-order valence-corrected chi connectivity index (χ0v) is 15.0. The van der Waals surface area contributed by atoms with E-state index >= 15 is 0 Å². The Morgan fingerprint density at radius 1 is 1.27 bits per heavy atom. The van der Waals surface area contributed by atoms with Gasteiger partial charge in [0.2, 0.25) is 10.0 Å². The van der Waals surface area contributed by atoms with Crippen molar-refractivity contribution >= 4 is 16.0 Å². The molecule has 134 valence electrons. The lowest BCUT2D eigenvalue weighted by molar-refractivity contribution is 0.0471.